The molecule has 0 radical (unpaired) electrons. The third-order valence-electron chi connectivity index (χ3n) is 4.49. The van der Waals surface area contributed by atoms with Crippen LogP contribution in [0.2, 0.25) is 5.02 Å². The van der Waals surface area contributed by atoms with Crippen molar-refractivity contribution >= 4 is 21.4 Å². The maximum Gasteiger partial charge on any atom is 0.183 e. The molecule has 0 saturated heterocycles. The maximum atomic E-state index is 12.9. The van der Waals surface area contributed by atoms with E-state index in [0.717, 1.165) is 11.1 Å². The summed E-state index contributed by atoms with van der Waals surface area (Å²) in [6.45, 7) is 1.57. The molecule has 0 heterocycles. The molecule has 1 aliphatic carbocycles. The molecule has 1 fully saturated rings. The molecular weight excluding hydrogens is 334 g/mol. The zero-order valence-corrected chi connectivity index (χ0v) is 14.2. The lowest BCUT2D eigenvalue weighted by Gasteiger charge is -2.08. The number of hydrogen-bond acceptors (Lipinski definition) is 4. The highest BCUT2D eigenvalue weighted by molar-refractivity contribution is 7.92. The van der Waals surface area contributed by atoms with Crippen molar-refractivity contribution < 1.29 is 13.5 Å². The van der Waals surface area contributed by atoms with Crippen LogP contribution >= 0.6 is 11.6 Å². The largest absolute Gasteiger partial charge is 0.394 e. The Morgan fingerprint density at radius 3 is 2.22 bits per heavy atom. The van der Waals surface area contributed by atoms with Crippen LogP contribution in [-0.4, -0.2) is 30.9 Å². The molecule has 122 valence electrons. The van der Waals surface area contributed by atoms with Gasteiger partial charge in [-0.15, -0.1) is 0 Å². The number of aliphatic hydroxyl groups excluding tert-OH is 1. The second kappa shape index (κ2) is 5.60. The number of aryl methyl sites for hydroxylation is 1. The first-order valence-corrected chi connectivity index (χ1v) is 9.19. The minimum atomic E-state index is -3.65. The van der Waals surface area contributed by atoms with E-state index in [1.807, 2.05) is 31.2 Å². The second-order valence-electron chi connectivity index (χ2n) is 6.08. The molecule has 0 unspecified atom stereocenters. The van der Waals surface area contributed by atoms with E-state index in [9.17, 15) is 13.5 Å². The fourth-order valence-electron chi connectivity index (χ4n) is 3.11. The molecule has 0 spiro atoms. The summed E-state index contributed by atoms with van der Waals surface area (Å²) in [6.07, 6.45) is 0. The molecule has 0 aliphatic heterocycles. The van der Waals surface area contributed by atoms with Crippen molar-refractivity contribution in [2.45, 2.75) is 28.5 Å². The van der Waals surface area contributed by atoms with Gasteiger partial charge in [-0.05, 0) is 36.8 Å². The number of rotatable bonds is 4. The van der Waals surface area contributed by atoms with Gasteiger partial charge < -0.3 is 10.8 Å². The lowest BCUT2D eigenvalue weighted by Crippen LogP contribution is -2.35. The highest BCUT2D eigenvalue weighted by Crippen LogP contribution is 2.55. The molecule has 0 aromatic heterocycles. The molecule has 2 aromatic carbocycles. The first kappa shape index (κ1) is 16.5. The van der Waals surface area contributed by atoms with Gasteiger partial charge in [0.15, 0.2) is 9.84 Å². The fourth-order valence-corrected chi connectivity index (χ4v) is 5.53. The fraction of sp³-hybridized carbons (Fsp3) is 0.294. The summed E-state index contributed by atoms with van der Waals surface area (Å²) in [7, 11) is -3.65. The molecule has 4 nitrogen and oxygen atoms in total. The van der Waals surface area contributed by atoms with Crippen LogP contribution in [0.5, 0.6) is 0 Å². The third kappa shape index (κ3) is 2.68. The molecule has 2 aromatic rings. The number of aliphatic hydroxyl groups is 1. The van der Waals surface area contributed by atoms with Gasteiger partial charge in [-0.25, -0.2) is 8.42 Å². The Balaban J connectivity index is 2.01. The summed E-state index contributed by atoms with van der Waals surface area (Å²) >= 11 is 5.82. The predicted octanol–water partition coefficient (Wildman–Crippen LogP) is 2.28. The molecule has 0 amide bonds. The molecule has 1 saturated carbocycles. The Morgan fingerprint density at radius 2 is 1.70 bits per heavy atom. The van der Waals surface area contributed by atoms with E-state index in [2.05, 4.69) is 0 Å². The first-order chi connectivity index (χ1) is 10.8. The Bertz CT molecular complexity index is 818. The molecule has 3 rings (SSSR count). The average Bonchev–Trinajstić information content (AvgIpc) is 3.16. The number of hydrogen-bond donors (Lipinski definition) is 2. The predicted molar refractivity (Wildman–Crippen MR) is 90.4 cm³/mol. The lowest BCUT2D eigenvalue weighted by atomic mass is 10.1. The zero-order valence-electron chi connectivity index (χ0n) is 12.6. The van der Waals surface area contributed by atoms with E-state index in [-0.39, 0.29) is 11.5 Å². The first-order valence-electron chi connectivity index (χ1n) is 7.26. The van der Waals surface area contributed by atoms with Crippen molar-refractivity contribution in [3.05, 3.63) is 64.7 Å². The van der Waals surface area contributed by atoms with E-state index >= 15 is 0 Å². The van der Waals surface area contributed by atoms with Gasteiger partial charge >= 0.3 is 0 Å². The van der Waals surface area contributed by atoms with Crippen molar-refractivity contribution in [3.63, 3.8) is 0 Å². The van der Waals surface area contributed by atoms with Crippen LogP contribution in [0.15, 0.2) is 53.4 Å². The SMILES string of the molecule is Cc1ccc([C@@H]2[C@@H](S(=O)(=O)c3ccc(Cl)cc3)[C@@]2(N)CO)cc1. The van der Waals surface area contributed by atoms with Crippen LogP contribution in [0.4, 0.5) is 0 Å². The van der Waals surface area contributed by atoms with Crippen molar-refractivity contribution in [1.29, 1.82) is 0 Å². The van der Waals surface area contributed by atoms with Gasteiger partial charge in [0.2, 0.25) is 0 Å². The molecular formula is C17H18ClNO3S. The van der Waals surface area contributed by atoms with E-state index in [1.165, 1.54) is 24.3 Å². The van der Waals surface area contributed by atoms with Gasteiger partial charge in [-0.2, -0.15) is 0 Å². The average molecular weight is 352 g/mol. The van der Waals surface area contributed by atoms with Crippen LogP contribution in [0.25, 0.3) is 0 Å². The van der Waals surface area contributed by atoms with Crippen LogP contribution in [-0.2, 0) is 9.84 Å². The molecule has 3 N–H and O–H groups in total. The van der Waals surface area contributed by atoms with Crippen molar-refractivity contribution in [3.8, 4) is 0 Å². The summed E-state index contributed by atoms with van der Waals surface area (Å²) in [5, 5.41) is 9.29. The van der Waals surface area contributed by atoms with Crippen LogP contribution in [0.3, 0.4) is 0 Å². The van der Waals surface area contributed by atoms with Crippen molar-refractivity contribution in [2.75, 3.05) is 6.61 Å². The highest BCUT2D eigenvalue weighted by atomic mass is 35.5. The monoisotopic (exact) mass is 351 g/mol. The van der Waals surface area contributed by atoms with Crippen LogP contribution < -0.4 is 5.73 Å². The molecule has 3 atom stereocenters. The van der Waals surface area contributed by atoms with E-state index < -0.39 is 26.5 Å². The number of benzene rings is 2. The molecule has 23 heavy (non-hydrogen) atoms. The minimum absolute atomic E-state index is 0.171. The summed E-state index contributed by atoms with van der Waals surface area (Å²) in [5.74, 6) is -0.422. The summed E-state index contributed by atoms with van der Waals surface area (Å²) in [6, 6.07) is 13.6. The summed E-state index contributed by atoms with van der Waals surface area (Å²) in [5.41, 5.74) is 6.95. The van der Waals surface area contributed by atoms with E-state index in [1.54, 1.807) is 0 Å². The number of sulfone groups is 1. The molecule has 6 heteroatoms. The number of halogens is 1. The molecule has 1 aliphatic rings. The van der Waals surface area contributed by atoms with Gasteiger partial charge in [0.25, 0.3) is 0 Å². The summed E-state index contributed by atoms with van der Waals surface area (Å²) < 4.78 is 25.8. The van der Waals surface area contributed by atoms with Gasteiger partial charge in [0, 0.05) is 10.9 Å². The topological polar surface area (TPSA) is 80.4 Å². The zero-order chi connectivity index (χ0) is 16.8. The van der Waals surface area contributed by atoms with Gasteiger partial charge in [-0.3, -0.25) is 0 Å². The maximum absolute atomic E-state index is 12.9. The Labute approximate surface area is 140 Å². The molecule has 0 bridgehead atoms. The van der Waals surface area contributed by atoms with Crippen LogP contribution in [0.1, 0.15) is 17.0 Å². The van der Waals surface area contributed by atoms with E-state index in [4.69, 9.17) is 17.3 Å². The van der Waals surface area contributed by atoms with Crippen molar-refractivity contribution in [2.24, 2.45) is 5.73 Å². The summed E-state index contributed by atoms with van der Waals surface area (Å²) in [4.78, 5) is 0.171. The van der Waals surface area contributed by atoms with E-state index in [0.29, 0.717) is 5.02 Å². The third-order valence-corrected chi connectivity index (χ3v) is 7.05. The Morgan fingerprint density at radius 1 is 1.13 bits per heavy atom. The van der Waals surface area contributed by atoms with Crippen molar-refractivity contribution in [1.82, 2.24) is 0 Å². The number of nitrogens with two attached hydrogens (primary N) is 1. The Kier molecular flexibility index (Phi) is 4.01. The highest BCUT2D eigenvalue weighted by Gasteiger charge is 2.69. The van der Waals surface area contributed by atoms with Gasteiger partial charge in [0.1, 0.15) is 0 Å². The normalized spacial score (nSPS) is 27.0. The second-order valence-corrected chi connectivity index (χ2v) is 8.58. The quantitative estimate of drug-likeness (QED) is 0.885. The smallest absolute Gasteiger partial charge is 0.183 e. The Hall–Kier alpha value is -1.40. The van der Waals surface area contributed by atoms with Gasteiger partial charge in [0.05, 0.1) is 22.3 Å². The van der Waals surface area contributed by atoms with Crippen LogP contribution in [0, 0.1) is 6.92 Å². The lowest BCUT2D eigenvalue weighted by molar-refractivity contribution is 0.253. The minimum Gasteiger partial charge on any atom is -0.394 e. The standard InChI is InChI=1S/C17H18ClNO3S/c1-11-2-4-12(5-3-11)15-16(17(15,19)10-20)23(21,22)14-8-6-13(18)7-9-14/h2-9,15-16,20H,10,19H2,1H3/t15-,16-,17-/m1/s1. The van der Waals surface area contributed by atoms with Gasteiger partial charge in [-0.1, -0.05) is 41.4 Å².